The van der Waals surface area contributed by atoms with Gasteiger partial charge in [0.05, 0.1) is 6.04 Å². The molecule has 0 aliphatic carbocycles. The van der Waals surface area contributed by atoms with Crippen LogP contribution in [0.4, 0.5) is 5.69 Å². The molecule has 0 fully saturated rings. The van der Waals surface area contributed by atoms with Gasteiger partial charge in [-0.25, -0.2) is 0 Å². The Balaban J connectivity index is 1.98. The summed E-state index contributed by atoms with van der Waals surface area (Å²) < 4.78 is 0. The van der Waals surface area contributed by atoms with E-state index in [0.717, 1.165) is 13.0 Å². The van der Waals surface area contributed by atoms with Crippen LogP contribution < -0.4 is 4.90 Å². The van der Waals surface area contributed by atoms with Crippen molar-refractivity contribution in [2.24, 2.45) is 0 Å². The minimum absolute atomic E-state index is 0.269. The van der Waals surface area contributed by atoms with Crippen molar-refractivity contribution in [3.8, 4) is 0 Å². The number of hydrogen-bond acceptors (Lipinski definition) is 1. The van der Waals surface area contributed by atoms with Gasteiger partial charge in [0.1, 0.15) is 0 Å². The first-order chi connectivity index (χ1) is 9.29. The van der Waals surface area contributed by atoms with E-state index in [9.17, 15) is 0 Å². The smallest absolute Gasteiger partial charge is 0.0724 e. The van der Waals surface area contributed by atoms with Gasteiger partial charge in [0.2, 0.25) is 0 Å². The van der Waals surface area contributed by atoms with Gasteiger partial charge in [0.25, 0.3) is 0 Å². The van der Waals surface area contributed by atoms with Crippen LogP contribution in [-0.2, 0) is 6.42 Å². The molecule has 96 valence electrons. The van der Waals surface area contributed by atoms with Crippen molar-refractivity contribution in [3.05, 3.63) is 77.9 Å². The molecule has 2 aromatic rings. The van der Waals surface area contributed by atoms with Crippen LogP contribution in [0.1, 0.15) is 22.7 Å². The first-order valence-corrected chi connectivity index (χ1v) is 6.83. The number of hydrogen-bond donors (Lipinski definition) is 0. The minimum atomic E-state index is 0.269. The van der Waals surface area contributed by atoms with E-state index < -0.39 is 0 Å². The van der Waals surface area contributed by atoms with E-state index in [1.807, 2.05) is 6.08 Å². The maximum Gasteiger partial charge on any atom is 0.0724 e. The zero-order valence-electron chi connectivity index (χ0n) is 11.3. The molecule has 0 aromatic heterocycles. The van der Waals surface area contributed by atoms with E-state index in [0.29, 0.717) is 0 Å². The maximum absolute atomic E-state index is 4.03. The molecular formula is C18H19N. The number of anilines is 1. The number of nitrogens with zero attached hydrogens (tertiary/aromatic N) is 1. The predicted molar refractivity (Wildman–Crippen MR) is 81.6 cm³/mol. The van der Waals surface area contributed by atoms with Crippen LogP contribution in [0.3, 0.4) is 0 Å². The van der Waals surface area contributed by atoms with Gasteiger partial charge in [-0.3, -0.25) is 0 Å². The second kappa shape index (κ2) is 4.93. The van der Waals surface area contributed by atoms with Gasteiger partial charge in [-0.05, 0) is 30.5 Å². The Morgan fingerprint density at radius 2 is 1.95 bits per heavy atom. The molecule has 1 heterocycles. The standard InChI is InChI=1S/C18H19N/c1-3-17(15-7-5-4-6-8-15)19-12-11-16-13-14(2)9-10-18(16)19/h3-10,13,17H,1,11-12H2,2H3/t17-/m0/s1. The molecule has 0 saturated carbocycles. The zero-order chi connectivity index (χ0) is 13.2. The molecular weight excluding hydrogens is 230 g/mol. The highest BCUT2D eigenvalue weighted by Crippen LogP contribution is 2.36. The van der Waals surface area contributed by atoms with Crippen LogP contribution in [0.15, 0.2) is 61.2 Å². The van der Waals surface area contributed by atoms with Crippen LogP contribution in [0.25, 0.3) is 0 Å². The van der Waals surface area contributed by atoms with Crippen molar-refractivity contribution in [3.63, 3.8) is 0 Å². The number of rotatable bonds is 3. The van der Waals surface area contributed by atoms with Crippen molar-refractivity contribution in [1.82, 2.24) is 0 Å². The highest BCUT2D eigenvalue weighted by Gasteiger charge is 2.25. The SMILES string of the molecule is C=C[C@@H](c1ccccc1)N1CCc2cc(C)ccc21. The van der Waals surface area contributed by atoms with Gasteiger partial charge in [0.15, 0.2) is 0 Å². The van der Waals surface area contributed by atoms with Crippen LogP contribution >= 0.6 is 0 Å². The molecule has 0 radical (unpaired) electrons. The number of benzene rings is 2. The summed E-state index contributed by atoms with van der Waals surface area (Å²) in [5.41, 5.74) is 5.48. The lowest BCUT2D eigenvalue weighted by molar-refractivity contribution is 0.754. The molecule has 3 rings (SSSR count). The van der Waals surface area contributed by atoms with Gasteiger partial charge in [-0.1, -0.05) is 54.1 Å². The lowest BCUT2D eigenvalue weighted by Crippen LogP contribution is -2.25. The van der Waals surface area contributed by atoms with E-state index in [2.05, 4.69) is 66.9 Å². The summed E-state index contributed by atoms with van der Waals surface area (Å²) >= 11 is 0. The lowest BCUT2D eigenvalue weighted by atomic mass is 10.0. The summed E-state index contributed by atoms with van der Waals surface area (Å²) in [4.78, 5) is 2.46. The average molecular weight is 249 g/mol. The molecule has 1 atom stereocenters. The second-order valence-electron chi connectivity index (χ2n) is 5.17. The van der Waals surface area contributed by atoms with E-state index in [1.54, 1.807) is 0 Å². The van der Waals surface area contributed by atoms with Crippen molar-refractivity contribution in [2.45, 2.75) is 19.4 Å². The molecule has 1 nitrogen and oxygen atoms in total. The molecule has 0 saturated heterocycles. The Bertz CT molecular complexity index is 586. The summed E-state index contributed by atoms with van der Waals surface area (Å²) in [5, 5.41) is 0. The van der Waals surface area contributed by atoms with Gasteiger partial charge < -0.3 is 4.90 Å². The summed E-state index contributed by atoms with van der Waals surface area (Å²) in [6, 6.07) is 17.6. The van der Waals surface area contributed by atoms with Gasteiger partial charge in [-0.2, -0.15) is 0 Å². The first-order valence-electron chi connectivity index (χ1n) is 6.83. The van der Waals surface area contributed by atoms with Crippen LogP contribution in [0, 0.1) is 6.92 Å². The molecule has 0 bridgehead atoms. The Labute approximate surface area is 115 Å². The monoisotopic (exact) mass is 249 g/mol. The Kier molecular flexibility index (Phi) is 3.12. The van der Waals surface area contributed by atoms with Crippen molar-refractivity contribution in [2.75, 3.05) is 11.4 Å². The largest absolute Gasteiger partial charge is 0.360 e. The summed E-state index contributed by atoms with van der Waals surface area (Å²) in [6.07, 6.45) is 3.18. The quantitative estimate of drug-likeness (QED) is 0.734. The molecule has 1 aliphatic heterocycles. The average Bonchev–Trinajstić information content (AvgIpc) is 2.84. The van der Waals surface area contributed by atoms with E-state index >= 15 is 0 Å². The lowest BCUT2D eigenvalue weighted by Gasteiger charge is -2.28. The van der Waals surface area contributed by atoms with E-state index in [-0.39, 0.29) is 6.04 Å². The Hall–Kier alpha value is -2.02. The molecule has 2 aromatic carbocycles. The Morgan fingerprint density at radius 1 is 1.16 bits per heavy atom. The minimum Gasteiger partial charge on any atom is -0.360 e. The predicted octanol–water partition coefficient (Wildman–Crippen LogP) is 4.28. The van der Waals surface area contributed by atoms with Crippen molar-refractivity contribution >= 4 is 5.69 Å². The number of aryl methyl sites for hydroxylation is 1. The molecule has 0 unspecified atom stereocenters. The van der Waals surface area contributed by atoms with Gasteiger partial charge in [-0.15, -0.1) is 6.58 Å². The van der Waals surface area contributed by atoms with Crippen molar-refractivity contribution < 1.29 is 0 Å². The Morgan fingerprint density at radius 3 is 2.68 bits per heavy atom. The molecule has 0 N–H and O–H groups in total. The molecule has 1 aliphatic rings. The fourth-order valence-corrected chi connectivity index (χ4v) is 2.94. The van der Waals surface area contributed by atoms with Crippen LogP contribution in [0.5, 0.6) is 0 Å². The third-order valence-corrected chi connectivity index (χ3v) is 3.87. The fourth-order valence-electron chi connectivity index (χ4n) is 2.94. The zero-order valence-corrected chi connectivity index (χ0v) is 11.3. The normalized spacial score (nSPS) is 15.1. The third-order valence-electron chi connectivity index (χ3n) is 3.87. The highest BCUT2D eigenvalue weighted by atomic mass is 15.2. The van der Waals surface area contributed by atoms with E-state index in [1.165, 1.54) is 22.4 Å². The summed E-state index contributed by atoms with van der Waals surface area (Å²) in [6.45, 7) is 7.26. The topological polar surface area (TPSA) is 3.24 Å². The summed E-state index contributed by atoms with van der Waals surface area (Å²) in [7, 11) is 0. The maximum atomic E-state index is 4.03. The van der Waals surface area contributed by atoms with Crippen LogP contribution in [-0.4, -0.2) is 6.54 Å². The van der Waals surface area contributed by atoms with Gasteiger partial charge in [0, 0.05) is 12.2 Å². The van der Waals surface area contributed by atoms with Crippen molar-refractivity contribution in [1.29, 1.82) is 0 Å². The van der Waals surface area contributed by atoms with E-state index in [4.69, 9.17) is 0 Å². The summed E-state index contributed by atoms with van der Waals surface area (Å²) in [5.74, 6) is 0. The third kappa shape index (κ3) is 2.17. The highest BCUT2D eigenvalue weighted by molar-refractivity contribution is 5.61. The van der Waals surface area contributed by atoms with Crippen LogP contribution in [0.2, 0.25) is 0 Å². The molecule has 1 heteroatoms. The fraction of sp³-hybridized carbons (Fsp3) is 0.222. The first kappa shape index (κ1) is 12.0. The number of fused-ring (bicyclic) bond motifs is 1. The van der Waals surface area contributed by atoms with Gasteiger partial charge >= 0.3 is 0 Å². The molecule has 19 heavy (non-hydrogen) atoms. The molecule has 0 amide bonds. The molecule has 0 spiro atoms. The second-order valence-corrected chi connectivity index (χ2v) is 5.17.